The predicted octanol–water partition coefficient (Wildman–Crippen LogP) is 9.39. The summed E-state index contributed by atoms with van der Waals surface area (Å²) >= 11 is 0. The van der Waals surface area contributed by atoms with Crippen LogP contribution in [0.4, 0.5) is 0 Å². The van der Waals surface area contributed by atoms with E-state index in [1.807, 2.05) is 0 Å². The second kappa shape index (κ2) is 15.5. The molecular weight excluding hydrogens is 416 g/mol. The molecule has 0 heterocycles. The molecule has 1 rings (SSSR count). The molecule has 1 aromatic rings. The van der Waals surface area contributed by atoms with Crippen molar-refractivity contribution < 1.29 is 5.11 Å². The summed E-state index contributed by atoms with van der Waals surface area (Å²) in [4.78, 5) is 2.78. The Kier molecular flexibility index (Phi) is 14.4. The van der Waals surface area contributed by atoms with Crippen LogP contribution in [0.1, 0.15) is 117 Å². The van der Waals surface area contributed by atoms with Gasteiger partial charge in [-0.1, -0.05) is 98.8 Å². The molecule has 31 heavy (non-hydrogen) atoms. The highest BCUT2D eigenvalue weighted by Crippen LogP contribution is 2.49. The topological polar surface area (TPSA) is 20.2 Å². The van der Waals surface area contributed by atoms with E-state index in [0.717, 1.165) is 5.56 Å². The Morgan fingerprint density at radius 3 is 1.61 bits per heavy atom. The summed E-state index contributed by atoms with van der Waals surface area (Å²) in [6.07, 6.45) is 21.2. The van der Waals surface area contributed by atoms with Crippen LogP contribution in [0, 0.1) is 0 Å². The number of aromatic hydroxyl groups is 1. The van der Waals surface area contributed by atoms with Crippen molar-refractivity contribution in [3.63, 3.8) is 0 Å². The number of thiol groups is 2. The maximum atomic E-state index is 11.2. The Labute approximate surface area is 200 Å². The van der Waals surface area contributed by atoms with E-state index in [4.69, 9.17) is 0 Å². The van der Waals surface area contributed by atoms with Gasteiger partial charge in [0.1, 0.15) is 5.75 Å². The SMILES string of the molecule is CCCCCCCC[SH](C)c1cc([SH](C)CCCCCCCC)c(O)c(C(C)(C)C)c1. The van der Waals surface area contributed by atoms with E-state index < -0.39 is 0 Å². The van der Waals surface area contributed by atoms with Crippen LogP contribution in [0.5, 0.6) is 5.75 Å². The van der Waals surface area contributed by atoms with Gasteiger partial charge >= 0.3 is 0 Å². The van der Waals surface area contributed by atoms with Gasteiger partial charge in [0.25, 0.3) is 0 Å². The molecule has 2 unspecified atom stereocenters. The van der Waals surface area contributed by atoms with Crippen LogP contribution in [0.3, 0.4) is 0 Å². The first-order chi connectivity index (χ1) is 14.7. The van der Waals surface area contributed by atoms with E-state index in [1.165, 1.54) is 98.3 Å². The first kappa shape index (κ1) is 28.8. The number of hydrogen-bond donors (Lipinski definition) is 3. The quantitative estimate of drug-likeness (QED) is 0.162. The number of hydrogen-bond acceptors (Lipinski definition) is 1. The zero-order chi connectivity index (χ0) is 23.3. The van der Waals surface area contributed by atoms with Crippen LogP contribution >= 0.6 is 21.8 Å². The summed E-state index contributed by atoms with van der Waals surface area (Å²) in [6, 6.07) is 4.74. The number of phenolic OH excluding ortho intramolecular Hbond substituents is 1. The van der Waals surface area contributed by atoms with Crippen molar-refractivity contribution in [2.45, 2.75) is 127 Å². The lowest BCUT2D eigenvalue weighted by Gasteiger charge is -2.29. The van der Waals surface area contributed by atoms with Crippen molar-refractivity contribution in [3.05, 3.63) is 17.7 Å². The minimum Gasteiger partial charge on any atom is -0.507 e. The molecule has 0 saturated carbocycles. The third kappa shape index (κ3) is 10.9. The van der Waals surface area contributed by atoms with Crippen LogP contribution in [-0.2, 0) is 5.41 Å². The second-order valence-electron chi connectivity index (χ2n) is 10.5. The average Bonchev–Trinajstić information content (AvgIpc) is 2.72. The molecule has 0 bridgehead atoms. The molecule has 1 aromatic carbocycles. The van der Waals surface area contributed by atoms with Gasteiger partial charge in [-0.2, -0.15) is 0 Å². The maximum Gasteiger partial charge on any atom is 0.131 e. The molecule has 1 nitrogen and oxygen atoms in total. The number of benzene rings is 1. The Morgan fingerprint density at radius 1 is 0.677 bits per heavy atom. The van der Waals surface area contributed by atoms with Gasteiger partial charge in [0, 0.05) is 10.5 Å². The highest BCUT2D eigenvalue weighted by atomic mass is 32.2. The van der Waals surface area contributed by atoms with Gasteiger partial charge < -0.3 is 5.11 Å². The first-order valence-electron chi connectivity index (χ1n) is 13.0. The fourth-order valence-corrected chi connectivity index (χ4v) is 7.73. The molecular formula is C28H54OS2. The lowest BCUT2D eigenvalue weighted by atomic mass is 9.86. The molecule has 0 fully saturated rings. The fourth-order valence-electron chi connectivity index (χ4n) is 4.20. The zero-order valence-corrected chi connectivity index (χ0v) is 23.7. The Balaban J connectivity index is 2.83. The van der Waals surface area contributed by atoms with Crippen molar-refractivity contribution in [3.8, 4) is 5.75 Å². The summed E-state index contributed by atoms with van der Waals surface area (Å²) < 4.78 is 0. The zero-order valence-electron chi connectivity index (χ0n) is 21.9. The molecule has 0 amide bonds. The molecule has 0 aliphatic carbocycles. The predicted molar refractivity (Wildman–Crippen MR) is 150 cm³/mol. The summed E-state index contributed by atoms with van der Waals surface area (Å²) in [5.41, 5.74) is 1.15. The van der Waals surface area contributed by atoms with Crippen molar-refractivity contribution in [2.75, 3.05) is 24.0 Å². The first-order valence-corrected chi connectivity index (χ1v) is 17.0. The molecule has 0 spiro atoms. The van der Waals surface area contributed by atoms with E-state index in [0.29, 0.717) is 5.75 Å². The highest BCUT2D eigenvalue weighted by Gasteiger charge is 2.23. The largest absolute Gasteiger partial charge is 0.507 e. The van der Waals surface area contributed by atoms with Gasteiger partial charge in [-0.3, -0.25) is 0 Å². The van der Waals surface area contributed by atoms with E-state index >= 15 is 0 Å². The van der Waals surface area contributed by atoms with E-state index in [9.17, 15) is 5.11 Å². The van der Waals surface area contributed by atoms with Gasteiger partial charge in [0.15, 0.2) is 0 Å². The van der Waals surface area contributed by atoms with Crippen LogP contribution < -0.4 is 0 Å². The van der Waals surface area contributed by atoms with Gasteiger partial charge in [0.05, 0.1) is 0 Å². The van der Waals surface area contributed by atoms with Crippen LogP contribution in [-0.4, -0.2) is 29.1 Å². The molecule has 0 aromatic heterocycles. The molecule has 184 valence electrons. The molecule has 2 atom stereocenters. The summed E-state index contributed by atoms with van der Waals surface area (Å²) in [7, 11) is -0.428. The smallest absolute Gasteiger partial charge is 0.131 e. The summed E-state index contributed by atoms with van der Waals surface area (Å²) in [6.45, 7) is 11.3. The van der Waals surface area contributed by atoms with Crippen molar-refractivity contribution in [1.82, 2.24) is 0 Å². The summed E-state index contributed by atoms with van der Waals surface area (Å²) in [5, 5.41) is 11.2. The third-order valence-corrected chi connectivity index (χ3v) is 10.7. The lowest BCUT2D eigenvalue weighted by Crippen LogP contribution is -2.12. The van der Waals surface area contributed by atoms with E-state index in [-0.39, 0.29) is 27.2 Å². The van der Waals surface area contributed by atoms with Crippen LogP contribution in [0.15, 0.2) is 21.9 Å². The lowest BCUT2D eigenvalue weighted by molar-refractivity contribution is 0.433. The minimum atomic E-state index is -0.288. The van der Waals surface area contributed by atoms with Crippen molar-refractivity contribution in [2.24, 2.45) is 0 Å². The van der Waals surface area contributed by atoms with Gasteiger partial charge in [-0.25, -0.2) is 21.8 Å². The van der Waals surface area contributed by atoms with Gasteiger partial charge in [-0.05, 0) is 59.3 Å². The van der Waals surface area contributed by atoms with Gasteiger partial charge in [-0.15, -0.1) is 0 Å². The fraction of sp³-hybridized carbons (Fsp3) is 0.786. The molecule has 3 heteroatoms. The third-order valence-electron chi connectivity index (χ3n) is 6.43. The second-order valence-corrected chi connectivity index (χ2v) is 15.2. The molecule has 0 aliphatic heterocycles. The normalized spacial score (nSPS) is 15.2. The number of unbranched alkanes of at least 4 members (excludes halogenated alkanes) is 10. The Morgan fingerprint density at radius 2 is 1.13 bits per heavy atom. The number of rotatable bonds is 16. The Bertz CT molecular complexity index is 606. The van der Waals surface area contributed by atoms with Gasteiger partial charge in [0.2, 0.25) is 0 Å². The molecule has 0 saturated heterocycles. The molecule has 0 aliphatic rings. The minimum absolute atomic E-state index is 0.0124. The maximum absolute atomic E-state index is 11.2. The van der Waals surface area contributed by atoms with Crippen LogP contribution in [0.2, 0.25) is 0 Å². The van der Waals surface area contributed by atoms with Crippen molar-refractivity contribution in [1.29, 1.82) is 0 Å². The summed E-state index contributed by atoms with van der Waals surface area (Å²) in [5.74, 6) is 3.17. The van der Waals surface area contributed by atoms with Crippen molar-refractivity contribution >= 4 is 21.8 Å². The molecule has 1 N–H and O–H groups in total. The highest BCUT2D eigenvalue weighted by molar-refractivity contribution is 8.17. The van der Waals surface area contributed by atoms with Crippen LogP contribution in [0.25, 0.3) is 0 Å². The monoisotopic (exact) mass is 470 g/mol. The van der Waals surface area contributed by atoms with E-state index in [2.05, 4.69) is 59.3 Å². The number of phenols is 1. The Hall–Kier alpha value is -0.280. The standard InChI is InChI=1S/C28H54OS2/c1-8-10-12-14-16-18-20-30(6)24-22-25(28(3,4)5)27(29)26(23-24)31(7)21-19-17-15-13-11-9-2/h22-23,29-31H,8-21H2,1-7H3. The molecule has 0 radical (unpaired) electrons. The van der Waals surface area contributed by atoms with E-state index in [1.54, 1.807) is 0 Å². The average molecular weight is 471 g/mol.